The van der Waals surface area contributed by atoms with Crippen molar-refractivity contribution in [2.45, 2.75) is 0 Å². The van der Waals surface area contributed by atoms with E-state index in [1.807, 2.05) is 0 Å². The number of ether oxygens (including phenoxy) is 1. The molecule has 96 valence electrons. The number of hydrogen-bond donors (Lipinski definition) is 3. The number of thiocarbonyl (C=S) groups is 1. The van der Waals surface area contributed by atoms with Crippen molar-refractivity contribution in [3.05, 3.63) is 27.8 Å². The minimum atomic E-state index is -0.726. The van der Waals surface area contributed by atoms with Crippen LogP contribution >= 0.6 is 12.2 Å². The number of nitro groups is 1. The van der Waals surface area contributed by atoms with Gasteiger partial charge >= 0.3 is 5.69 Å². The number of phenols is 1. The Morgan fingerprint density at radius 2 is 2.39 bits per heavy atom. The molecular weight excluding hydrogens is 260 g/mol. The molecular formula is C9H10N4O4S. The normalized spacial score (nSPS) is 10.3. The van der Waals surface area contributed by atoms with Crippen LogP contribution in [0.25, 0.3) is 0 Å². The molecule has 0 aromatic heterocycles. The Morgan fingerprint density at radius 1 is 1.72 bits per heavy atom. The summed E-state index contributed by atoms with van der Waals surface area (Å²) in [6.07, 6.45) is 1.14. The van der Waals surface area contributed by atoms with Gasteiger partial charge in [0.15, 0.2) is 5.11 Å². The van der Waals surface area contributed by atoms with E-state index in [1.54, 1.807) is 0 Å². The van der Waals surface area contributed by atoms with Crippen molar-refractivity contribution < 1.29 is 14.8 Å². The topological polar surface area (TPSA) is 123 Å². The molecule has 0 radical (unpaired) electrons. The lowest BCUT2D eigenvalue weighted by Gasteiger charge is -2.04. The molecule has 18 heavy (non-hydrogen) atoms. The Morgan fingerprint density at radius 3 is 2.89 bits per heavy atom. The summed E-state index contributed by atoms with van der Waals surface area (Å²) in [4.78, 5) is 9.99. The van der Waals surface area contributed by atoms with Crippen LogP contribution in [0.1, 0.15) is 5.56 Å². The van der Waals surface area contributed by atoms with E-state index in [9.17, 15) is 15.2 Å². The second-order valence-corrected chi connectivity index (χ2v) is 3.52. The van der Waals surface area contributed by atoms with Crippen LogP contribution in [0.5, 0.6) is 11.5 Å². The first-order valence-corrected chi connectivity index (χ1v) is 5.00. The van der Waals surface area contributed by atoms with E-state index in [2.05, 4.69) is 22.7 Å². The smallest absolute Gasteiger partial charge is 0.315 e. The van der Waals surface area contributed by atoms with Crippen molar-refractivity contribution in [1.82, 2.24) is 5.43 Å². The summed E-state index contributed by atoms with van der Waals surface area (Å²) in [7, 11) is 1.35. The Kier molecular flexibility index (Phi) is 4.38. The quantitative estimate of drug-likeness (QED) is 0.314. The molecule has 1 rings (SSSR count). The number of hydrazone groups is 1. The number of methoxy groups -OCH3 is 1. The molecule has 0 atom stereocenters. The molecule has 1 aromatic rings. The Labute approximate surface area is 107 Å². The zero-order chi connectivity index (χ0) is 13.7. The van der Waals surface area contributed by atoms with Crippen LogP contribution in [-0.2, 0) is 0 Å². The van der Waals surface area contributed by atoms with E-state index in [0.29, 0.717) is 0 Å². The highest BCUT2D eigenvalue weighted by molar-refractivity contribution is 7.80. The van der Waals surface area contributed by atoms with Gasteiger partial charge in [-0.05, 0) is 18.3 Å². The third-order valence-electron chi connectivity index (χ3n) is 1.90. The summed E-state index contributed by atoms with van der Waals surface area (Å²) in [5.74, 6) is -0.300. The first-order chi connectivity index (χ1) is 8.45. The number of rotatable bonds is 4. The maximum absolute atomic E-state index is 10.7. The predicted molar refractivity (Wildman–Crippen MR) is 68.8 cm³/mol. The predicted octanol–water partition coefficient (Wildman–Crippen LogP) is 0.476. The van der Waals surface area contributed by atoms with Crippen molar-refractivity contribution in [3.8, 4) is 11.5 Å². The highest BCUT2D eigenvalue weighted by Crippen LogP contribution is 2.33. The molecule has 0 aliphatic heterocycles. The lowest BCUT2D eigenvalue weighted by molar-refractivity contribution is -0.385. The maximum atomic E-state index is 10.7. The van der Waals surface area contributed by atoms with Crippen LogP contribution in [0.3, 0.4) is 0 Å². The molecule has 0 saturated carbocycles. The van der Waals surface area contributed by atoms with Gasteiger partial charge in [-0.15, -0.1) is 0 Å². The lowest BCUT2D eigenvalue weighted by atomic mass is 10.1. The molecule has 0 unspecified atom stereocenters. The summed E-state index contributed by atoms with van der Waals surface area (Å²) in [5.41, 5.74) is 7.03. The molecule has 1 aromatic carbocycles. The highest BCUT2D eigenvalue weighted by Gasteiger charge is 2.18. The van der Waals surface area contributed by atoms with Gasteiger partial charge in [-0.25, -0.2) is 0 Å². The SMILES string of the molecule is COc1cc(/C=N/NC(N)=S)c(O)c([N+](=O)[O-])c1. The van der Waals surface area contributed by atoms with E-state index in [-0.39, 0.29) is 16.4 Å². The second kappa shape index (κ2) is 5.77. The van der Waals surface area contributed by atoms with Gasteiger partial charge in [-0.3, -0.25) is 15.5 Å². The number of nitro benzene ring substituents is 1. The third kappa shape index (κ3) is 3.28. The van der Waals surface area contributed by atoms with Gasteiger partial charge in [0, 0.05) is 5.56 Å². The first-order valence-electron chi connectivity index (χ1n) is 4.59. The van der Waals surface area contributed by atoms with Gasteiger partial charge in [0.2, 0.25) is 5.75 Å². The Bertz CT molecular complexity index is 518. The van der Waals surface area contributed by atoms with E-state index in [4.69, 9.17) is 10.5 Å². The molecule has 0 heterocycles. The first kappa shape index (κ1) is 13.6. The van der Waals surface area contributed by atoms with E-state index < -0.39 is 16.4 Å². The monoisotopic (exact) mass is 270 g/mol. The van der Waals surface area contributed by atoms with E-state index in [1.165, 1.54) is 13.2 Å². The van der Waals surface area contributed by atoms with Crippen LogP contribution in [0, 0.1) is 10.1 Å². The summed E-state index contributed by atoms with van der Waals surface area (Å²) in [5, 5.41) is 23.9. The average molecular weight is 270 g/mol. The second-order valence-electron chi connectivity index (χ2n) is 3.08. The third-order valence-corrected chi connectivity index (χ3v) is 1.99. The number of nitrogens with two attached hydrogens (primary N) is 1. The van der Waals surface area contributed by atoms with Gasteiger partial charge in [0.05, 0.1) is 24.3 Å². The minimum absolute atomic E-state index is 0.0665. The zero-order valence-electron chi connectivity index (χ0n) is 9.28. The Balaban J connectivity index is 3.17. The van der Waals surface area contributed by atoms with E-state index >= 15 is 0 Å². The standard InChI is InChI=1S/C9H10N4O4S/c1-17-6-2-5(4-11-12-9(10)18)8(14)7(3-6)13(15)16/h2-4,14H,1H3,(H3,10,12,18)/b11-4+. The molecule has 9 heteroatoms. The fourth-order valence-electron chi connectivity index (χ4n) is 1.14. The summed E-state index contributed by atoms with van der Waals surface area (Å²) in [6, 6.07) is 2.49. The highest BCUT2D eigenvalue weighted by atomic mass is 32.1. The molecule has 0 aliphatic carbocycles. The molecule has 8 nitrogen and oxygen atoms in total. The molecule has 4 N–H and O–H groups in total. The van der Waals surface area contributed by atoms with Gasteiger partial charge < -0.3 is 15.6 Å². The van der Waals surface area contributed by atoms with Crippen LogP contribution in [0.2, 0.25) is 0 Å². The van der Waals surface area contributed by atoms with Crippen LogP contribution in [0.4, 0.5) is 5.69 Å². The number of aromatic hydroxyl groups is 1. The lowest BCUT2D eigenvalue weighted by Crippen LogP contribution is -2.24. The zero-order valence-corrected chi connectivity index (χ0v) is 10.1. The maximum Gasteiger partial charge on any atom is 0.315 e. The number of hydrogen-bond acceptors (Lipinski definition) is 6. The molecule has 0 aliphatic rings. The number of nitrogens with zero attached hydrogens (tertiary/aromatic N) is 2. The van der Waals surface area contributed by atoms with Crippen molar-refractivity contribution in [2.75, 3.05) is 7.11 Å². The summed E-state index contributed by atoms with van der Waals surface area (Å²) < 4.78 is 4.88. The molecule has 0 bridgehead atoms. The van der Waals surface area contributed by atoms with Crippen LogP contribution in [-0.4, -0.2) is 28.5 Å². The van der Waals surface area contributed by atoms with E-state index in [0.717, 1.165) is 12.3 Å². The molecule has 0 fully saturated rings. The van der Waals surface area contributed by atoms with Gasteiger partial charge in [-0.2, -0.15) is 5.10 Å². The van der Waals surface area contributed by atoms with Crippen molar-refractivity contribution in [2.24, 2.45) is 10.8 Å². The summed E-state index contributed by atoms with van der Waals surface area (Å²) >= 11 is 4.52. The van der Waals surface area contributed by atoms with Gasteiger partial charge in [0.25, 0.3) is 0 Å². The molecule has 0 amide bonds. The van der Waals surface area contributed by atoms with Crippen molar-refractivity contribution >= 4 is 29.2 Å². The van der Waals surface area contributed by atoms with Crippen molar-refractivity contribution in [3.63, 3.8) is 0 Å². The van der Waals surface area contributed by atoms with Crippen LogP contribution in [0.15, 0.2) is 17.2 Å². The van der Waals surface area contributed by atoms with Gasteiger partial charge in [-0.1, -0.05) is 0 Å². The average Bonchev–Trinajstić information content (AvgIpc) is 2.30. The fourth-order valence-corrected chi connectivity index (χ4v) is 1.19. The fraction of sp³-hybridized carbons (Fsp3) is 0.111. The van der Waals surface area contributed by atoms with Gasteiger partial charge in [0.1, 0.15) is 5.75 Å². The molecule has 0 spiro atoms. The minimum Gasteiger partial charge on any atom is -0.502 e. The number of nitrogens with one attached hydrogen (secondary N) is 1. The summed E-state index contributed by atoms with van der Waals surface area (Å²) in [6.45, 7) is 0. The largest absolute Gasteiger partial charge is 0.502 e. The van der Waals surface area contributed by atoms with Crippen molar-refractivity contribution in [1.29, 1.82) is 0 Å². The Hall–Kier alpha value is -2.42. The number of benzene rings is 1. The van der Waals surface area contributed by atoms with Crippen LogP contribution < -0.4 is 15.9 Å². The number of phenolic OH excluding ortho intramolecular Hbond substituents is 1. The molecule has 0 saturated heterocycles.